The predicted molar refractivity (Wildman–Crippen MR) is 162 cm³/mol. The Labute approximate surface area is 250 Å². The zero-order valence-electron chi connectivity index (χ0n) is 23.8. The Kier molecular flexibility index (Phi) is 5.90. The van der Waals surface area contributed by atoms with Crippen molar-refractivity contribution in [1.29, 1.82) is 0 Å². The fourth-order valence-corrected chi connectivity index (χ4v) is 7.11. The van der Waals surface area contributed by atoms with Crippen molar-refractivity contribution in [2.45, 2.75) is 32.9 Å². The summed E-state index contributed by atoms with van der Waals surface area (Å²) in [5.41, 5.74) is 1.91. The van der Waals surface area contributed by atoms with Crippen molar-refractivity contribution in [1.82, 2.24) is 4.98 Å². The number of rotatable bonds is 4. The summed E-state index contributed by atoms with van der Waals surface area (Å²) in [6.07, 6.45) is 0. The molecule has 0 bridgehead atoms. The van der Waals surface area contributed by atoms with Crippen LogP contribution in [0.4, 0.5) is 10.8 Å². The van der Waals surface area contributed by atoms with Gasteiger partial charge < -0.3 is 14.1 Å². The number of amides is 2. The molecule has 0 saturated heterocycles. The number of thiazole rings is 1. The summed E-state index contributed by atoms with van der Waals surface area (Å²) in [7, 11) is 1.26. The molecular formula is C33H25N3O6S. The molecule has 9 nitrogen and oxygen atoms in total. The lowest BCUT2D eigenvalue weighted by atomic mass is 9.84. The SMILES string of the molecule is COC(=O)c1sc(N2C(=O)c3oc4ccc(C)cc4c(=O)c3C23C(=O)N(Cc2ccc(C)cc2)c2ccccc23)nc1C. The highest BCUT2D eigenvalue weighted by Gasteiger charge is 2.66. The molecule has 0 radical (unpaired) electrons. The summed E-state index contributed by atoms with van der Waals surface area (Å²) in [4.78, 5) is 64.0. The highest BCUT2D eigenvalue weighted by molar-refractivity contribution is 7.17. The maximum Gasteiger partial charge on any atom is 0.350 e. The number of ether oxygens (including phenoxy) is 1. The summed E-state index contributed by atoms with van der Waals surface area (Å²) < 4.78 is 11.1. The van der Waals surface area contributed by atoms with Crippen molar-refractivity contribution < 1.29 is 23.5 Å². The number of anilines is 2. The average Bonchev–Trinajstić information content (AvgIpc) is 3.59. The minimum atomic E-state index is -1.91. The molecule has 0 fully saturated rings. The quantitative estimate of drug-likeness (QED) is 0.257. The first-order valence-electron chi connectivity index (χ1n) is 13.6. The second-order valence-electron chi connectivity index (χ2n) is 10.8. The molecule has 1 unspecified atom stereocenters. The first-order chi connectivity index (χ1) is 20.7. The molecule has 43 heavy (non-hydrogen) atoms. The first kappa shape index (κ1) is 26.8. The first-order valence-corrected chi connectivity index (χ1v) is 14.4. The topological polar surface area (TPSA) is 110 Å². The standard InChI is InChI=1S/C33H25N3O6S/c1-17-9-12-20(13-10-17)16-35-23-8-6-5-7-22(23)33(31(35)40)25-26(37)21-15-18(2)11-14-24(21)42-27(25)29(38)36(33)32-34-19(3)28(43-32)30(39)41-4/h5-15H,16H2,1-4H3. The maximum atomic E-state index is 15.0. The number of methoxy groups -OCH3 is 1. The van der Waals surface area contributed by atoms with E-state index in [1.54, 1.807) is 48.2 Å². The number of fused-ring (bicyclic) bond motifs is 5. The third kappa shape index (κ3) is 3.66. The summed E-state index contributed by atoms with van der Waals surface area (Å²) in [5.74, 6) is -2.03. The Bertz CT molecular complexity index is 2080. The lowest BCUT2D eigenvalue weighted by Crippen LogP contribution is -2.53. The number of nitrogens with zero attached hydrogens (tertiary/aromatic N) is 3. The van der Waals surface area contributed by atoms with E-state index in [9.17, 15) is 14.4 Å². The van der Waals surface area contributed by atoms with E-state index in [4.69, 9.17) is 9.15 Å². The minimum Gasteiger partial charge on any atom is -0.465 e. The normalized spacial score (nSPS) is 17.2. The number of benzene rings is 3. The molecule has 0 N–H and O–H groups in total. The summed E-state index contributed by atoms with van der Waals surface area (Å²) >= 11 is 0.926. The lowest BCUT2D eigenvalue weighted by molar-refractivity contribution is -0.121. The zero-order chi connectivity index (χ0) is 30.2. The molecule has 4 heterocycles. The zero-order valence-corrected chi connectivity index (χ0v) is 24.6. The van der Waals surface area contributed by atoms with Gasteiger partial charge in [0.15, 0.2) is 16.1 Å². The number of aromatic nitrogens is 1. The summed E-state index contributed by atoms with van der Waals surface area (Å²) in [5, 5.41) is 0.342. The highest BCUT2D eigenvalue weighted by atomic mass is 32.1. The van der Waals surface area contributed by atoms with Crippen LogP contribution < -0.4 is 15.2 Å². The van der Waals surface area contributed by atoms with Crippen molar-refractivity contribution in [3.05, 3.63) is 121 Å². The van der Waals surface area contributed by atoms with Gasteiger partial charge in [-0.3, -0.25) is 19.3 Å². The molecule has 0 aliphatic carbocycles. The molecule has 2 aliphatic heterocycles. The second kappa shape index (κ2) is 9.47. The van der Waals surface area contributed by atoms with Crippen LogP contribution in [-0.2, 0) is 21.6 Å². The van der Waals surface area contributed by atoms with Crippen LogP contribution in [0.5, 0.6) is 0 Å². The van der Waals surface area contributed by atoms with E-state index in [0.717, 1.165) is 28.0 Å². The fraction of sp³-hybridized carbons (Fsp3) is 0.182. The van der Waals surface area contributed by atoms with E-state index in [-0.39, 0.29) is 38.8 Å². The highest BCUT2D eigenvalue weighted by Crippen LogP contribution is 2.55. The number of aryl methyl sites for hydroxylation is 3. The van der Waals surface area contributed by atoms with Gasteiger partial charge in [0, 0.05) is 5.56 Å². The number of carbonyl (C=O) groups is 3. The summed E-state index contributed by atoms with van der Waals surface area (Å²) in [6, 6.07) is 20.1. The molecular weight excluding hydrogens is 566 g/mol. The van der Waals surface area contributed by atoms with Crippen LogP contribution in [0.25, 0.3) is 11.0 Å². The number of carbonyl (C=O) groups excluding carboxylic acids is 3. The van der Waals surface area contributed by atoms with Crippen molar-refractivity contribution in [2.24, 2.45) is 0 Å². The monoisotopic (exact) mass is 591 g/mol. The molecule has 5 aromatic rings. The lowest BCUT2D eigenvalue weighted by Gasteiger charge is -2.32. The van der Waals surface area contributed by atoms with Crippen molar-refractivity contribution in [3.8, 4) is 0 Å². The van der Waals surface area contributed by atoms with Crippen LogP contribution >= 0.6 is 11.3 Å². The van der Waals surface area contributed by atoms with Gasteiger partial charge in [0.2, 0.25) is 5.76 Å². The third-order valence-corrected chi connectivity index (χ3v) is 9.21. The van der Waals surface area contributed by atoms with E-state index in [2.05, 4.69) is 4.98 Å². The smallest absolute Gasteiger partial charge is 0.350 e. The van der Waals surface area contributed by atoms with Gasteiger partial charge in [-0.2, -0.15) is 0 Å². The van der Waals surface area contributed by atoms with Gasteiger partial charge in [-0.25, -0.2) is 9.78 Å². The van der Waals surface area contributed by atoms with E-state index < -0.39 is 28.8 Å². The Balaban J connectivity index is 1.55. The van der Waals surface area contributed by atoms with Gasteiger partial charge in [0.05, 0.1) is 36.0 Å². The molecule has 2 aromatic heterocycles. The molecule has 10 heteroatoms. The molecule has 3 aromatic carbocycles. The molecule has 2 aliphatic rings. The van der Waals surface area contributed by atoms with Gasteiger partial charge in [0.1, 0.15) is 10.5 Å². The second-order valence-corrected chi connectivity index (χ2v) is 11.8. The van der Waals surface area contributed by atoms with Crippen molar-refractivity contribution >= 4 is 50.9 Å². The van der Waals surface area contributed by atoms with E-state index in [1.165, 1.54) is 12.0 Å². The van der Waals surface area contributed by atoms with Gasteiger partial charge >= 0.3 is 5.97 Å². The molecule has 7 rings (SSSR count). The van der Waals surface area contributed by atoms with Gasteiger partial charge in [0.25, 0.3) is 11.8 Å². The Morgan fingerprint density at radius 3 is 2.44 bits per heavy atom. The minimum absolute atomic E-state index is 0.0630. The van der Waals surface area contributed by atoms with Gasteiger partial charge in [-0.05, 0) is 44.5 Å². The Morgan fingerprint density at radius 2 is 1.70 bits per heavy atom. The fourth-order valence-electron chi connectivity index (χ4n) is 6.07. The molecule has 2 amide bonds. The predicted octanol–water partition coefficient (Wildman–Crippen LogP) is 5.41. The number of hydrogen-bond acceptors (Lipinski definition) is 8. The number of esters is 1. The van der Waals surface area contributed by atoms with E-state index in [0.29, 0.717) is 16.9 Å². The van der Waals surface area contributed by atoms with Crippen molar-refractivity contribution in [3.63, 3.8) is 0 Å². The van der Waals surface area contributed by atoms with E-state index in [1.807, 2.05) is 44.2 Å². The van der Waals surface area contributed by atoms with Crippen LogP contribution in [-0.4, -0.2) is 29.9 Å². The summed E-state index contributed by atoms with van der Waals surface area (Å²) in [6.45, 7) is 5.67. The van der Waals surface area contributed by atoms with Crippen LogP contribution in [0.15, 0.2) is 75.9 Å². The average molecular weight is 592 g/mol. The molecule has 214 valence electrons. The van der Waals surface area contributed by atoms with E-state index >= 15 is 4.79 Å². The number of para-hydroxylation sites is 1. The van der Waals surface area contributed by atoms with Crippen LogP contribution in [0, 0.1) is 20.8 Å². The van der Waals surface area contributed by atoms with Gasteiger partial charge in [-0.15, -0.1) is 0 Å². The third-order valence-electron chi connectivity index (χ3n) is 8.09. The van der Waals surface area contributed by atoms with Crippen LogP contribution in [0.1, 0.15) is 53.7 Å². The molecule has 0 saturated carbocycles. The Morgan fingerprint density at radius 1 is 0.977 bits per heavy atom. The number of hydrogen-bond donors (Lipinski definition) is 0. The van der Waals surface area contributed by atoms with Crippen LogP contribution in [0.3, 0.4) is 0 Å². The Hall–Kier alpha value is -5.09. The van der Waals surface area contributed by atoms with Crippen molar-refractivity contribution in [2.75, 3.05) is 16.9 Å². The maximum absolute atomic E-state index is 15.0. The van der Waals surface area contributed by atoms with Crippen LogP contribution in [0.2, 0.25) is 0 Å². The molecule has 1 spiro atoms. The van der Waals surface area contributed by atoms with Gasteiger partial charge in [-0.1, -0.05) is 71.0 Å². The largest absolute Gasteiger partial charge is 0.465 e. The molecule has 1 atom stereocenters.